The standard InChI is InChI=1S/C7H11NO2S2/c1-10-5-6(9)8-3-2-4-12-7(8)11/h2-5H2,1H3. The zero-order valence-electron chi connectivity index (χ0n) is 6.91. The van der Waals surface area contributed by atoms with Gasteiger partial charge >= 0.3 is 0 Å². The lowest BCUT2D eigenvalue weighted by molar-refractivity contribution is -0.131. The maximum atomic E-state index is 11.3. The third kappa shape index (κ3) is 2.43. The Morgan fingerprint density at radius 3 is 3.17 bits per heavy atom. The second-order valence-corrected chi connectivity index (χ2v) is 4.18. The number of methoxy groups -OCH3 is 1. The van der Waals surface area contributed by atoms with Crippen LogP contribution in [-0.2, 0) is 9.53 Å². The molecule has 1 fully saturated rings. The second kappa shape index (κ2) is 4.79. The number of amides is 1. The number of hydrogen-bond donors (Lipinski definition) is 0. The van der Waals surface area contributed by atoms with Crippen LogP contribution in [0.15, 0.2) is 0 Å². The van der Waals surface area contributed by atoms with E-state index in [1.165, 1.54) is 7.11 Å². The maximum Gasteiger partial charge on any atom is 0.253 e. The minimum Gasteiger partial charge on any atom is -0.375 e. The van der Waals surface area contributed by atoms with Crippen molar-refractivity contribution in [3.63, 3.8) is 0 Å². The molecule has 0 aromatic rings. The van der Waals surface area contributed by atoms with E-state index in [1.54, 1.807) is 16.7 Å². The number of rotatable bonds is 2. The van der Waals surface area contributed by atoms with Crippen molar-refractivity contribution in [3.8, 4) is 0 Å². The number of ether oxygens (including phenoxy) is 1. The summed E-state index contributed by atoms with van der Waals surface area (Å²) in [4.78, 5) is 12.9. The van der Waals surface area contributed by atoms with Crippen LogP contribution in [0.2, 0.25) is 0 Å². The van der Waals surface area contributed by atoms with E-state index in [9.17, 15) is 4.79 Å². The normalized spacial score (nSPS) is 18.1. The molecule has 0 atom stereocenters. The summed E-state index contributed by atoms with van der Waals surface area (Å²) >= 11 is 6.59. The Morgan fingerprint density at radius 1 is 1.83 bits per heavy atom. The van der Waals surface area contributed by atoms with E-state index >= 15 is 0 Å². The van der Waals surface area contributed by atoms with E-state index < -0.39 is 0 Å². The third-order valence-electron chi connectivity index (χ3n) is 1.54. The van der Waals surface area contributed by atoms with Gasteiger partial charge in [0.15, 0.2) is 0 Å². The third-order valence-corrected chi connectivity index (χ3v) is 3.07. The van der Waals surface area contributed by atoms with Gasteiger partial charge < -0.3 is 4.74 Å². The van der Waals surface area contributed by atoms with Crippen LogP contribution in [-0.4, -0.2) is 41.1 Å². The molecule has 1 aliphatic heterocycles. The van der Waals surface area contributed by atoms with Crippen molar-refractivity contribution in [3.05, 3.63) is 0 Å². The summed E-state index contributed by atoms with van der Waals surface area (Å²) in [5.41, 5.74) is 0. The largest absolute Gasteiger partial charge is 0.375 e. The first-order valence-corrected chi connectivity index (χ1v) is 5.11. The van der Waals surface area contributed by atoms with Crippen molar-refractivity contribution in [1.29, 1.82) is 0 Å². The van der Waals surface area contributed by atoms with E-state index in [-0.39, 0.29) is 12.5 Å². The lowest BCUT2D eigenvalue weighted by atomic mass is 10.4. The van der Waals surface area contributed by atoms with Gasteiger partial charge in [-0.3, -0.25) is 9.69 Å². The fourth-order valence-electron chi connectivity index (χ4n) is 0.979. The van der Waals surface area contributed by atoms with Crippen LogP contribution >= 0.6 is 24.0 Å². The zero-order valence-corrected chi connectivity index (χ0v) is 8.54. The summed E-state index contributed by atoms with van der Waals surface area (Å²) < 4.78 is 5.43. The number of thiocarbonyl (C=S) groups is 1. The van der Waals surface area contributed by atoms with Crippen LogP contribution in [0.5, 0.6) is 0 Å². The van der Waals surface area contributed by atoms with Crippen molar-refractivity contribution in [1.82, 2.24) is 4.90 Å². The van der Waals surface area contributed by atoms with Gasteiger partial charge in [-0.1, -0.05) is 24.0 Å². The lowest BCUT2D eigenvalue weighted by Crippen LogP contribution is -2.40. The quantitative estimate of drug-likeness (QED) is 0.626. The van der Waals surface area contributed by atoms with Gasteiger partial charge in [0.1, 0.15) is 10.9 Å². The molecule has 0 aromatic carbocycles. The van der Waals surface area contributed by atoms with E-state index in [0.29, 0.717) is 4.32 Å². The maximum absolute atomic E-state index is 11.3. The van der Waals surface area contributed by atoms with Gasteiger partial charge in [0.2, 0.25) is 0 Å². The minimum absolute atomic E-state index is 0.0327. The SMILES string of the molecule is COCC(=O)N1CCCSC1=S. The Labute approximate surface area is 81.4 Å². The molecule has 0 unspecified atom stereocenters. The molecule has 0 spiro atoms. The number of hydrogen-bond acceptors (Lipinski definition) is 4. The smallest absolute Gasteiger partial charge is 0.253 e. The van der Waals surface area contributed by atoms with Gasteiger partial charge in [-0.15, -0.1) is 0 Å². The number of carbonyl (C=O) groups excluding carboxylic acids is 1. The molecule has 0 radical (unpaired) electrons. The van der Waals surface area contributed by atoms with Gasteiger partial charge in [-0.05, 0) is 6.42 Å². The van der Waals surface area contributed by atoms with Crippen LogP contribution in [0.25, 0.3) is 0 Å². The Kier molecular flexibility index (Phi) is 3.97. The first-order valence-electron chi connectivity index (χ1n) is 3.71. The van der Waals surface area contributed by atoms with Crippen molar-refractivity contribution in [2.75, 3.05) is 26.0 Å². The molecule has 0 aromatic heterocycles. The first-order chi connectivity index (χ1) is 5.75. The molecule has 1 aliphatic rings. The van der Waals surface area contributed by atoms with Crippen molar-refractivity contribution >= 4 is 34.2 Å². The molecule has 1 heterocycles. The second-order valence-electron chi connectivity index (χ2n) is 2.45. The molecule has 0 aliphatic carbocycles. The van der Waals surface area contributed by atoms with Crippen LogP contribution < -0.4 is 0 Å². The van der Waals surface area contributed by atoms with Crippen LogP contribution in [0.4, 0.5) is 0 Å². The first kappa shape index (κ1) is 9.95. The summed E-state index contributed by atoms with van der Waals surface area (Å²) in [7, 11) is 1.51. The minimum atomic E-state index is -0.0327. The highest BCUT2D eigenvalue weighted by atomic mass is 32.2. The Bertz CT molecular complexity index is 196. The fraction of sp³-hybridized carbons (Fsp3) is 0.714. The summed E-state index contributed by atoms with van der Waals surface area (Å²) in [6.45, 7) is 0.870. The predicted molar refractivity (Wildman–Crippen MR) is 53.3 cm³/mol. The molecule has 3 nitrogen and oxygen atoms in total. The van der Waals surface area contributed by atoms with Crippen LogP contribution in [0.3, 0.4) is 0 Å². The fourth-order valence-corrected chi connectivity index (χ4v) is 2.22. The monoisotopic (exact) mass is 205 g/mol. The highest BCUT2D eigenvalue weighted by Gasteiger charge is 2.21. The van der Waals surface area contributed by atoms with E-state index in [4.69, 9.17) is 17.0 Å². The van der Waals surface area contributed by atoms with Gasteiger partial charge in [0.25, 0.3) is 5.91 Å². The van der Waals surface area contributed by atoms with Crippen molar-refractivity contribution in [2.24, 2.45) is 0 Å². The Balaban J connectivity index is 2.48. The molecule has 68 valence electrons. The number of carbonyl (C=O) groups is 1. The number of thioether (sulfide) groups is 1. The van der Waals surface area contributed by atoms with Gasteiger partial charge in [-0.2, -0.15) is 0 Å². The van der Waals surface area contributed by atoms with Gasteiger partial charge in [-0.25, -0.2) is 0 Å². The molecule has 0 bridgehead atoms. The van der Waals surface area contributed by atoms with Crippen LogP contribution in [0, 0.1) is 0 Å². The molecule has 1 rings (SSSR count). The molecule has 1 saturated heterocycles. The molecule has 0 saturated carbocycles. The average Bonchev–Trinajstić information content (AvgIpc) is 2.05. The molecule has 1 amide bonds. The van der Waals surface area contributed by atoms with Crippen molar-refractivity contribution in [2.45, 2.75) is 6.42 Å². The predicted octanol–water partition coefficient (Wildman–Crippen LogP) is 0.883. The van der Waals surface area contributed by atoms with E-state index in [0.717, 1.165) is 18.7 Å². The summed E-state index contributed by atoms with van der Waals surface area (Å²) in [6, 6.07) is 0. The molecular weight excluding hydrogens is 194 g/mol. The van der Waals surface area contributed by atoms with Crippen molar-refractivity contribution < 1.29 is 9.53 Å². The Morgan fingerprint density at radius 2 is 2.58 bits per heavy atom. The summed E-state index contributed by atoms with van der Waals surface area (Å²) in [5, 5.41) is 0. The lowest BCUT2D eigenvalue weighted by Gasteiger charge is -2.26. The molecule has 5 heteroatoms. The Hall–Kier alpha value is -0.130. The summed E-state index contributed by atoms with van der Waals surface area (Å²) in [6.07, 6.45) is 1.01. The highest BCUT2D eigenvalue weighted by molar-refractivity contribution is 8.23. The van der Waals surface area contributed by atoms with E-state index in [1.807, 2.05) is 0 Å². The topological polar surface area (TPSA) is 29.5 Å². The molecular formula is C7H11NO2S2. The van der Waals surface area contributed by atoms with Crippen LogP contribution in [0.1, 0.15) is 6.42 Å². The molecule has 12 heavy (non-hydrogen) atoms. The zero-order chi connectivity index (χ0) is 8.97. The summed E-state index contributed by atoms with van der Waals surface area (Å²) in [5.74, 6) is 0.991. The molecule has 0 N–H and O–H groups in total. The van der Waals surface area contributed by atoms with Gasteiger partial charge in [0.05, 0.1) is 0 Å². The highest BCUT2D eigenvalue weighted by Crippen LogP contribution is 2.17. The number of nitrogens with zero attached hydrogens (tertiary/aromatic N) is 1. The van der Waals surface area contributed by atoms with E-state index in [2.05, 4.69) is 0 Å². The average molecular weight is 205 g/mol. The van der Waals surface area contributed by atoms with Gasteiger partial charge in [0, 0.05) is 19.4 Å².